The number of esters is 1. The van der Waals surface area contributed by atoms with Crippen LogP contribution in [0.15, 0.2) is 30.4 Å². The maximum atomic E-state index is 16.8. The number of sulfonamides is 1. The SMILES string of the molecule is COc1ccc2nc(C)c3c(c2c1)[C@H](F)C[C@]1(C[C@H]2C(=O)N[C@]4(C(=O)NS(=O)(=O)C5(C)CC5)C[C@H]4/C=C\CCCCC[C@H](CC(=O)O[C@H](C)C(C)C)C(=O)N2C1)O3. The van der Waals surface area contributed by atoms with E-state index in [0.29, 0.717) is 60.0 Å². The molecule has 1 aromatic heterocycles. The number of nitrogens with zero attached hydrogens (tertiary/aromatic N) is 2. The van der Waals surface area contributed by atoms with Crippen molar-refractivity contribution in [3.8, 4) is 11.5 Å². The van der Waals surface area contributed by atoms with Gasteiger partial charge in [0.15, 0.2) is 0 Å². The lowest BCUT2D eigenvalue weighted by Crippen LogP contribution is -2.57. The van der Waals surface area contributed by atoms with E-state index in [1.54, 1.807) is 39.0 Å². The lowest BCUT2D eigenvalue weighted by Gasteiger charge is -2.38. The second-order valence-electron chi connectivity index (χ2n) is 17.5. The van der Waals surface area contributed by atoms with E-state index < -0.39 is 73.7 Å². The number of halogens is 1. The van der Waals surface area contributed by atoms with Crippen LogP contribution in [0.3, 0.4) is 0 Å². The third-order valence-corrected chi connectivity index (χ3v) is 15.1. The number of ether oxygens (including phenoxy) is 3. The van der Waals surface area contributed by atoms with Crippen molar-refractivity contribution >= 4 is 44.6 Å². The Labute approximate surface area is 333 Å². The number of hydrogen-bond acceptors (Lipinski definition) is 10. The Morgan fingerprint density at radius 3 is 2.58 bits per heavy atom. The maximum Gasteiger partial charge on any atom is 0.306 e. The van der Waals surface area contributed by atoms with Crippen molar-refractivity contribution in [2.45, 2.75) is 139 Å². The van der Waals surface area contributed by atoms with Gasteiger partial charge in [-0.05, 0) is 83.4 Å². The van der Waals surface area contributed by atoms with Crippen molar-refractivity contribution in [1.82, 2.24) is 19.9 Å². The molecule has 57 heavy (non-hydrogen) atoms. The highest BCUT2D eigenvalue weighted by Crippen LogP contribution is 2.52. The highest BCUT2D eigenvalue weighted by Gasteiger charge is 2.64. The van der Waals surface area contributed by atoms with Crippen molar-refractivity contribution in [1.29, 1.82) is 0 Å². The minimum Gasteiger partial charge on any atom is -0.497 e. The third-order valence-electron chi connectivity index (χ3n) is 12.9. The van der Waals surface area contributed by atoms with Crippen LogP contribution in [0.5, 0.6) is 11.5 Å². The molecule has 310 valence electrons. The van der Waals surface area contributed by atoms with Crippen molar-refractivity contribution in [3.63, 3.8) is 0 Å². The van der Waals surface area contributed by atoms with E-state index in [-0.39, 0.29) is 50.0 Å². The van der Waals surface area contributed by atoms with E-state index in [1.807, 2.05) is 26.0 Å². The fraction of sp³-hybridized carbons (Fsp3) is 0.643. The first kappa shape index (κ1) is 40.9. The quantitative estimate of drug-likeness (QED) is 0.250. The number of amides is 3. The van der Waals surface area contributed by atoms with Gasteiger partial charge >= 0.3 is 5.97 Å². The van der Waals surface area contributed by atoms with Crippen molar-refractivity contribution in [2.75, 3.05) is 13.7 Å². The highest BCUT2D eigenvalue weighted by atomic mass is 32.2. The molecule has 7 rings (SSSR count). The summed E-state index contributed by atoms with van der Waals surface area (Å²) in [6.07, 6.45) is 5.58. The lowest BCUT2D eigenvalue weighted by molar-refractivity contribution is -0.155. The summed E-state index contributed by atoms with van der Waals surface area (Å²) >= 11 is 0. The third kappa shape index (κ3) is 7.84. The van der Waals surface area contributed by atoms with Crippen LogP contribution in [0.4, 0.5) is 4.39 Å². The Hall–Kier alpha value is -4.27. The molecule has 1 aromatic carbocycles. The molecule has 3 fully saturated rings. The topological polar surface area (TPSA) is 170 Å². The molecule has 15 heteroatoms. The maximum absolute atomic E-state index is 16.8. The largest absolute Gasteiger partial charge is 0.497 e. The monoisotopic (exact) mass is 810 g/mol. The van der Waals surface area contributed by atoms with Crippen LogP contribution in [0, 0.1) is 24.7 Å². The minimum atomic E-state index is -4.03. The van der Waals surface area contributed by atoms with E-state index in [9.17, 15) is 27.6 Å². The summed E-state index contributed by atoms with van der Waals surface area (Å²) in [4.78, 5) is 62.9. The van der Waals surface area contributed by atoms with Gasteiger partial charge in [-0.25, -0.2) is 17.8 Å². The zero-order valence-electron chi connectivity index (χ0n) is 33.7. The summed E-state index contributed by atoms with van der Waals surface area (Å²) in [5.74, 6) is -3.01. The number of benzene rings is 1. The molecule has 1 saturated heterocycles. The van der Waals surface area contributed by atoms with E-state index in [4.69, 9.17) is 19.2 Å². The number of aromatic nitrogens is 1. The van der Waals surface area contributed by atoms with Crippen LogP contribution in [0.25, 0.3) is 10.9 Å². The first-order chi connectivity index (χ1) is 26.9. The van der Waals surface area contributed by atoms with Gasteiger partial charge < -0.3 is 24.4 Å². The molecule has 4 heterocycles. The van der Waals surface area contributed by atoms with Crippen molar-refractivity contribution in [3.05, 3.63) is 41.6 Å². The van der Waals surface area contributed by atoms with Crippen LogP contribution < -0.4 is 19.5 Å². The van der Waals surface area contributed by atoms with E-state index >= 15 is 4.39 Å². The first-order valence-corrected chi connectivity index (χ1v) is 21.8. The summed E-state index contributed by atoms with van der Waals surface area (Å²) < 4.78 is 62.3. The van der Waals surface area contributed by atoms with Gasteiger partial charge in [0.05, 0.1) is 36.0 Å². The number of nitrogens with one attached hydrogen (secondary N) is 2. The number of allylic oxidation sites excluding steroid dienone is 1. The normalized spacial score (nSPS) is 30.8. The Balaban J connectivity index is 1.25. The Bertz CT molecular complexity index is 2100. The number of carbonyl (C=O) groups excluding carboxylic acids is 4. The average molecular weight is 811 g/mol. The van der Waals surface area contributed by atoms with Gasteiger partial charge in [0.1, 0.15) is 41.0 Å². The smallest absolute Gasteiger partial charge is 0.306 e. The molecule has 0 radical (unpaired) electrons. The molecule has 1 spiro atoms. The summed E-state index contributed by atoms with van der Waals surface area (Å²) in [5.41, 5.74) is -1.62. The molecule has 7 atom stereocenters. The molecule has 3 amide bonds. The molecule has 2 aromatic rings. The zero-order valence-corrected chi connectivity index (χ0v) is 34.5. The number of methoxy groups -OCH3 is 1. The lowest BCUT2D eigenvalue weighted by atomic mass is 9.86. The number of aryl methyl sites for hydroxylation is 1. The molecule has 2 saturated carbocycles. The van der Waals surface area contributed by atoms with Crippen LogP contribution in [0.2, 0.25) is 0 Å². The van der Waals surface area contributed by atoms with Gasteiger partial charge in [0.2, 0.25) is 21.8 Å². The van der Waals surface area contributed by atoms with Gasteiger partial charge in [-0.15, -0.1) is 0 Å². The zero-order chi connectivity index (χ0) is 41.1. The summed E-state index contributed by atoms with van der Waals surface area (Å²) in [5, 5.41) is 3.42. The van der Waals surface area contributed by atoms with Gasteiger partial charge in [-0.2, -0.15) is 0 Å². The Kier molecular flexibility index (Phi) is 10.9. The minimum absolute atomic E-state index is 0.0613. The van der Waals surface area contributed by atoms with E-state index in [2.05, 4.69) is 10.0 Å². The van der Waals surface area contributed by atoms with Gasteiger partial charge in [-0.3, -0.25) is 23.9 Å². The van der Waals surface area contributed by atoms with Crippen LogP contribution in [-0.4, -0.2) is 83.7 Å². The first-order valence-electron chi connectivity index (χ1n) is 20.3. The van der Waals surface area contributed by atoms with Gasteiger partial charge in [0, 0.05) is 35.6 Å². The molecular formula is C42H55FN4O9S. The average Bonchev–Trinajstić information content (AvgIpc) is 4.04. The summed E-state index contributed by atoms with van der Waals surface area (Å²) in [6.45, 7) is 8.80. The van der Waals surface area contributed by atoms with E-state index in [1.165, 1.54) is 12.0 Å². The van der Waals surface area contributed by atoms with E-state index in [0.717, 1.165) is 12.8 Å². The predicted molar refractivity (Wildman–Crippen MR) is 209 cm³/mol. The molecule has 13 nitrogen and oxygen atoms in total. The molecule has 2 aliphatic carbocycles. The highest BCUT2D eigenvalue weighted by molar-refractivity contribution is 7.91. The molecule has 5 aliphatic rings. The second kappa shape index (κ2) is 15.2. The molecule has 0 bridgehead atoms. The van der Waals surface area contributed by atoms with Crippen LogP contribution in [0.1, 0.15) is 116 Å². The number of hydrogen-bond donors (Lipinski definition) is 2. The second-order valence-corrected chi connectivity index (χ2v) is 19.7. The number of alkyl halides is 1. The molecule has 2 N–H and O–H groups in total. The summed E-state index contributed by atoms with van der Waals surface area (Å²) in [6, 6.07) is 3.98. The number of pyridine rings is 1. The number of rotatable bonds is 8. The molecule has 0 unspecified atom stereocenters. The number of fused-ring (bicyclic) bond motifs is 5. The molecule has 3 aliphatic heterocycles. The van der Waals surface area contributed by atoms with Crippen molar-refractivity contribution < 1.29 is 46.2 Å². The fourth-order valence-corrected chi connectivity index (χ4v) is 9.87. The van der Waals surface area contributed by atoms with Gasteiger partial charge in [0.25, 0.3) is 5.91 Å². The number of carbonyl (C=O) groups is 4. The summed E-state index contributed by atoms with van der Waals surface area (Å²) in [7, 11) is -2.51. The predicted octanol–water partition coefficient (Wildman–Crippen LogP) is 5.67. The van der Waals surface area contributed by atoms with Gasteiger partial charge in [-0.1, -0.05) is 38.8 Å². The standard InChI is InChI=1S/C42H55FN4O9S/c1-24(2)26(4)55-34(48)18-27-12-10-8-7-9-11-13-28-20-42(28,39(51)46-57(52,53)40(5)16-17-40)45-37(49)33-22-41(23-47(33)38(27)50)21-31(43)35-30-19-29(54-6)14-15-32(30)44-25(3)36(35)56-41/h11,13-15,19,24,26-28,31,33H,7-10,12,16-18,20-23H2,1-6H3,(H,45,49)(H,46,51)/b13-11-/t26-,27-,28-,31-,33+,41-,42-/m1/s1. The molecular weight excluding hydrogens is 756 g/mol. The fourth-order valence-electron chi connectivity index (χ4n) is 8.56. The Morgan fingerprint density at radius 1 is 1.12 bits per heavy atom. The Morgan fingerprint density at radius 2 is 1.88 bits per heavy atom. The van der Waals surface area contributed by atoms with Crippen LogP contribution >= 0.6 is 0 Å². The van der Waals surface area contributed by atoms with Crippen LogP contribution in [-0.2, 0) is 33.9 Å². The van der Waals surface area contributed by atoms with Crippen molar-refractivity contribution in [2.24, 2.45) is 17.8 Å².